The van der Waals surface area contributed by atoms with Gasteiger partial charge in [0.05, 0.1) is 4.90 Å². The van der Waals surface area contributed by atoms with Gasteiger partial charge in [-0.05, 0) is 69.7 Å². The Bertz CT molecular complexity index is 1110. The van der Waals surface area contributed by atoms with E-state index in [1.807, 2.05) is 38.1 Å². The van der Waals surface area contributed by atoms with Crippen molar-refractivity contribution in [2.75, 3.05) is 28.0 Å². The summed E-state index contributed by atoms with van der Waals surface area (Å²) in [6.07, 6.45) is 0. The molecule has 2 N–H and O–H groups in total. The zero-order valence-electron chi connectivity index (χ0n) is 17.7. The molecule has 3 aromatic rings. The molecule has 0 radical (unpaired) electrons. The Balaban J connectivity index is 1.75. The molecule has 0 saturated carbocycles. The van der Waals surface area contributed by atoms with Gasteiger partial charge in [-0.15, -0.1) is 0 Å². The highest BCUT2D eigenvalue weighted by Crippen LogP contribution is 2.23. The number of sulfonamides is 1. The van der Waals surface area contributed by atoms with Crippen LogP contribution in [0.25, 0.3) is 0 Å². The second kappa shape index (κ2) is 9.13. The van der Waals surface area contributed by atoms with Gasteiger partial charge in [-0.2, -0.15) is 0 Å². The lowest BCUT2D eigenvalue weighted by atomic mass is 10.2. The minimum atomic E-state index is -3.63. The molecule has 0 amide bonds. The van der Waals surface area contributed by atoms with E-state index in [9.17, 15) is 8.42 Å². The maximum Gasteiger partial charge on any atom is 0.261 e. The summed E-state index contributed by atoms with van der Waals surface area (Å²) < 4.78 is 27.8. The van der Waals surface area contributed by atoms with Crippen molar-refractivity contribution in [3.63, 3.8) is 0 Å². The molecule has 0 atom stereocenters. The monoisotopic (exact) mass is 425 g/mol. The number of anilines is 4. The number of hydrogen-bond donors (Lipinski definition) is 2. The average molecular weight is 426 g/mol. The number of nitrogens with one attached hydrogen (secondary N) is 2. The number of rotatable bonds is 8. The van der Waals surface area contributed by atoms with Crippen LogP contribution in [-0.2, 0) is 10.0 Å². The van der Waals surface area contributed by atoms with Gasteiger partial charge < -0.3 is 10.2 Å². The smallest absolute Gasteiger partial charge is 0.261 e. The summed E-state index contributed by atoms with van der Waals surface area (Å²) in [4.78, 5) is 11.4. The predicted molar refractivity (Wildman–Crippen MR) is 122 cm³/mol. The van der Waals surface area contributed by atoms with Crippen LogP contribution in [0.1, 0.15) is 25.2 Å². The van der Waals surface area contributed by atoms with Crippen molar-refractivity contribution >= 4 is 33.0 Å². The fourth-order valence-electron chi connectivity index (χ4n) is 3.09. The Hall–Kier alpha value is -3.13. The normalized spacial score (nSPS) is 11.2. The molecule has 1 heterocycles. The van der Waals surface area contributed by atoms with Crippen LogP contribution >= 0.6 is 0 Å². The summed E-state index contributed by atoms with van der Waals surface area (Å²) in [5.74, 6) is 2.25. The summed E-state index contributed by atoms with van der Waals surface area (Å²) in [6.45, 7) is 9.63. The zero-order valence-corrected chi connectivity index (χ0v) is 18.5. The first-order valence-corrected chi connectivity index (χ1v) is 11.4. The highest BCUT2D eigenvalue weighted by atomic mass is 32.2. The van der Waals surface area contributed by atoms with Gasteiger partial charge in [0.2, 0.25) is 0 Å². The Morgan fingerprint density at radius 2 is 1.57 bits per heavy atom. The highest BCUT2D eigenvalue weighted by Gasteiger charge is 2.14. The highest BCUT2D eigenvalue weighted by molar-refractivity contribution is 7.92. The van der Waals surface area contributed by atoms with E-state index >= 15 is 0 Å². The Labute approximate surface area is 178 Å². The van der Waals surface area contributed by atoms with Gasteiger partial charge in [0.1, 0.15) is 17.5 Å². The Morgan fingerprint density at radius 3 is 2.20 bits per heavy atom. The molecule has 2 aromatic carbocycles. The molecule has 0 saturated heterocycles. The predicted octanol–water partition coefficient (Wildman–Crippen LogP) is 4.48. The number of nitrogens with zero attached hydrogens (tertiary/aromatic N) is 3. The van der Waals surface area contributed by atoms with E-state index in [1.165, 1.54) is 0 Å². The molecule has 8 heteroatoms. The molecule has 0 bridgehead atoms. The van der Waals surface area contributed by atoms with Crippen LogP contribution in [0.2, 0.25) is 0 Å². The molecule has 0 spiro atoms. The molecule has 7 nitrogen and oxygen atoms in total. The average Bonchev–Trinajstić information content (AvgIpc) is 2.70. The van der Waals surface area contributed by atoms with Gasteiger partial charge >= 0.3 is 0 Å². The van der Waals surface area contributed by atoms with Crippen LogP contribution in [0, 0.1) is 13.8 Å². The van der Waals surface area contributed by atoms with Crippen molar-refractivity contribution in [3.8, 4) is 0 Å². The van der Waals surface area contributed by atoms with E-state index < -0.39 is 10.0 Å². The van der Waals surface area contributed by atoms with E-state index in [2.05, 4.69) is 38.8 Å². The summed E-state index contributed by atoms with van der Waals surface area (Å²) >= 11 is 0. The Kier molecular flexibility index (Phi) is 6.56. The number of benzene rings is 2. The van der Waals surface area contributed by atoms with E-state index in [0.717, 1.165) is 30.2 Å². The molecule has 0 aliphatic rings. The first-order valence-electron chi connectivity index (χ1n) is 9.88. The van der Waals surface area contributed by atoms with Crippen LogP contribution in [0.3, 0.4) is 0 Å². The van der Waals surface area contributed by atoms with Crippen LogP contribution < -0.4 is 14.9 Å². The molecule has 0 aliphatic heterocycles. The lowest BCUT2D eigenvalue weighted by Gasteiger charge is -2.20. The third kappa shape index (κ3) is 5.27. The number of aromatic nitrogens is 2. The quantitative estimate of drug-likeness (QED) is 0.553. The lowest BCUT2D eigenvalue weighted by molar-refractivity contribution is 0.601. The van der Waals surface area contributed by atoms with Crippen LogP contribution in [-0.4, -0.2) is 31.5 Å². The molecule has 0 aliphatic carbocycles. The van der Waals surface area contributed by atoms with Crippen molar-refractivity contribution in [1.29, 1.82) is 0 Å². The molecule has 1 aromatic heterocycles. The molecule has 30 heavy (non-hydrogen) atoms. The largest absolute Gasteiger partial charge is 0.357 e. The number of hydrogen-bond acceptors (Lipinski definition) is 6. The van der Waals surface area contributed by atoms with Gasteiger partial charge in [-0.1, -0.05) is 12.1 Å². The summed E-state index contributed by atoms with van der Waals surface area (Å²) in [7, 11) is -3.63. The summed E-state index contributed by atoms with van der Waals surface area (Å²) in [5.41, 5.74) is 2.18. The van der Waals surface area contributed by atoms with E-state index in [0.29, 0.717) is 17.3 Å². The third-order valence-electron chi connectivity index (χ3n) is 4.62. The lowest BCUT2D eigenvalue weighted by Crippen LogP contribution is -2.23. The molecule has 0 fully saturated rings. The SMILES string of the molecule is CCN(CC)c1cc(Nc2ccc(NS(=O)(=O)c3cccc(C)c3)cc2)nc(C)n1. The molecule has 0 unspecified atom stereocenters. The third-order valence-corrected chi connectivity index (χ3v) is 6.00. The van der Waals surface area contributed by atoms with Crippen molar-refractivity contribution in [2.45, 2.75) is 32.6 Å². The van der Waals surface area contributed by atoms with Gasteiger partial charge in [0.25, 0.3) is 10.0 Å². The fourth-order valence-corrected chi connectivity index (χ4v) is 4.25. The fraction of sp³-hybridized carbons (Fsp3) is 0.273. The van der Waals surface area contributed by atoms with Crippen molar-refractivity contribution in [1.82, 2.24) is 9.97 Å². The Morgan fingerprint density at radius 1 is 0.900 bits per heavy atom. The molecule has 3 rings (SSSR count). The van der Waals surface area contributed by atoms with E-state index in [4.69, 9.17) is 0 Å². The second-order valence-corrected chi connectivity index (χ2v) is 8.64. The zero-order chi connectivity index (χ0) is 21.7. The van der Waals surface area contributed by atoms with Crippen LogP contribution in [0.4, 0.5) is 23.0 Å². The van der Waals surface area contributed by atoms with Gasteiger partial charge in [0, 0.05) is 30.5 Å². The maximum absolute atomic E-state index is 12.6. The first-order chi connectivity index (χ1) is 14.3. The minimum absolute atomic E-state index is 0.241. The van der Waals surface area contributed by atoms with Gasteiger partial charge in [0.15, 0.2) is 0 Å². The van der Waals surface area contributed by atoms with Crippen LogP contribution in [0.5, 0.6) is 0 Å². The molecular weight excluding hydrogens is 398 g/mol. The van der Waals surface area contributed by atoms with Crippen molar-refractivity contribution in [3.05, 3.63) is 66.0 Å². The van der Waals surface area contributed by atoms with Gasteiger partial charge in [-0.3, -0.25) is 4.72 Å². The number of aryl methyl sites for hydroxylation is 2. The van der Waals surface area contributed by atoms with Crippen molar-refractivity contribution in [2.24, 2.45) is 0 Å². The first kappa shape index (κ1) is 21.6. The van der Waals surface area contributed by atoms with Gasteiger partial charge in [-0.25, -0.2) is 18.4 Å². The minimum Gasteiger partial charge on any atom is -0.357 e. The molecule has 158 valence electrons. The van der Waals surface area contributed by atoms with Crippen LogP contribution in [0.15, 0.2) is 59.5 Å². The second-order valence-electron chi connectivity index (χ2n) is 6.96. The molecular formula is C22H27N5O2S. The van der Waals surface area contributed by atoms with E-state index in [-0.39, 0.29) is 4.90 Å². The van der Waals surface area contributed by atoms with E-state index in [1.54, 1.807) is 30.3 Å². The van der Waals surface area contributed by atoms with Crippen molar-refractivity contribution < 1.29 is 8.42 Å². The standard InChI is InChI=1S/C22H27N5O2S/c1-5-27(6-2)22-15-21(23-17(4)24-22)25-18-10-12-19(13-11-18)26-30(28,29)20-9-7-8-16(3)14-20/h7-15,26H,5-6H2,1-4H3,(H,23,24,25). The summed E-state index contributed by atoms with van der Waals surface area (Å²) in [5, 5.41) is 3.26. The topological polar surface area (TPSA) is 87.2 Å². The summed E-state index contributed by atoms with van der Waals surface area (Å²) in [6, 6.07) is 15.8. The maximum atomic E-state index is 12.6.